The summed E-state index contributed by atoms with van der Waals surface area (Å²) in [6.45, 7) is -0.0857. The lowest BCUT2D eigenvalue weighted by Gasteiger charge is -2.18. The van der Waals surface area contributed by atoms with Gasteiger partial charge in [-0.1, -0.05) is 35.9 Å². The van der Waals surface area contributed by atoms with E-state index in [0.717, 1.165) is 11.1 Å². The van der Waals surface area contributed by atoms with Crippen LogP contribution in [-0.2, 0) is 18.0 Å². The summed E-state index contributed by atoms with van der Waals surface area (Å²) in [7, 11) is 3.16. The molecule has 0 aromatic heterocycles. The Morgan fingerprint density at radius 1 is 0.865 bits per heavy atom. The predicted molar refractivity (Wildman–Crippen MR) is 137 cm³/mol. The number of hydrogen-bond acceptors (Lipinski definition) is 7. The van der Waals surface area contributed by atoms with E-state index in [0.29, 0.717) is 17.2 Å². The molecule has 1 amide bonds. The van der Waals surface area contributed by atoms with Crippen LogP contribution in [-0.4, -0.2) is 49.0 Å². The number of rotatable bonds is 13. The van der Waals surface area contributed by atoms with Crippen molar-refractivity contribution in [3.63, 3.8) is 0 Å². The number of carboxylic acids is 1. The third kappa shape index (κ3) is 7.52. The molecule has 0 heterocycles. The van der Waals surface area contributed by atoms with Gasteiger partial charge in [0.15, 0.2) is 11.5 Å². The first-order valence-corrected chi connectivity index (χ1v) is 11.7. The number of methoxy groups -OCH3 is 2. The van der Waals surface area contributed by atoms with Crippen molar-refractivity contribution in [2.75, 3.05) is 20.8 Å². The van der Waals surface area contributed by atoms with Gasteiger partial charge in [-0.05, 0) is 47.5 Å². The number of benzene rings is 3. The molecule has 0 bridgehead atoms. The number of halogens is 1. The lowest BCUT2D eigenvalue weighted by Crippen LogP contribution is -2.41. The summed E-state index contributed by atoms with van der Waals surface area (Å²) in [5.74, 6) is -0.147. The van der Waals surface area contributed by atoms with Crippen molar-refractivity contribution in [3.8, 4) is 23.0 Å². The van der Waals surface area contributed by atoms with E-state index in [1.54, 1.807) is 26.4 Å². The molecular weight excluding hydrogens is 502 g/mol. The number of carbonyl (C=O) groups excluding carboxylic acids is 1. The molecule has 0 saturated carbocycles. The van der Waals surface area contributed by atoms with Crippen molar-refractivity contribution >= 4 is 23.5 Å². The number of carbonyl (C=O) groups is 2. The van der Waals surface area contributed by atoms with E-state index in [2.05, 4.69) is 5.32 Å². The maximum Gasteiger partial charge on any atom is 0.326 e. The third-order valence-corrected chi connectivity index (χ3v) is 5.80. The highest BCUT2D eigenvalue weighted by Gasteiger charge is 2.24. The fraction of sp³-hybridized carbons (Fsp3) is 0.259. The molecule has 10 heteroatoms. The van der Waals surface area contributed by atoms with Gasteiger partial charge in [0.2, 0.25) is 0 Å². The number of amides is 1. The highest BCUT2D eigenvalue weighted by molar-refractivity contribution is 6.35. The highest BCUT2D eigenvalue weighted by Crippen LogP contribution is 2.39. The van der Waals surface area contributed by atoms with Gasteiger partial charge in [0, 0.05) is 13.0 Å². The fourth-order valence-corrected chi connectivity index (χ4v) is 3.64. The Balaban J connectivity index is 1.86. The van der Waals surface area contributed by atoms with Crippen LogP contribution in [0.5, 0.6) is 23.0 Å². The minimum atomic E-state index is -1.27. The van der Waals surface area contributed by atoms with Crippen LogP contribution in [0, 0.1) is 0 Å². The van der Waals surface area contributed by atoms with Crippen molar-refractivity contribution in [1.82, 2.24) is 5.32 Å². The lowest BCUT2D eigenvalue weighted by molar-refractivity contribution is -0.139. The smallest absolute Gasteiger partial charge is 0.326 e. The zero-order valence-electron chi connectivity index (χ0n) is 20.4. The quantitative estimate of drug-likeness (QED) is 0.302. The van der Waals surface area contributed by atoms with Gasteiger partial charge in [-0.3, -0.25) is 4.79 Å². The van der Waals surface area contributed by atoms with Crippen LogP contribution in [0.1, 0.15) is 27.9 Å². The molecule has 3 N–H and O–H groups in total. The van der Waals surface area contributed by atoms with Gasteiger partial charge in [0.25, 0.3) is 5.91 Å². The SMILES string of the molecule is COc1ccc(COc2ccc(C(=O)N[C@@H](CCO)C(=O)O)c(Cl)c2OCc2ccc(OC)cc2)cc1. The normalized spacial score (nSPS) is 11.4. The summed E-state index contributed by atoms with van der Waals surface area (Å²) >= 11 is 6.58. The molecule has 0 aliphatic carbocycles. The Morgan fingerprint density at radius 3 is 1.89 bits per heavy atom. The summed E-state index contributed by atoms with van der Waals surface area (Å²) in [5.41, 5.74) is 1.70. The largest absolute Gasteiger partial charge is 0.497 e. The number of nitrogens with one attached hydrogen (secondary N) is 1. The Hall–Kier alpha value is -3.95. The maximum absolute atomic E-state index is 12.8. The Kier molecular flexibility index (Phi) is 10.00. The van der Waals surface area contributed by atoms with Crippen molar-refractivity contribution in [2.45, 2.75) is 25.7 Å². The Bertz CT molecular complexity index is 1200. The molecule has 0 aliphatic heterocycles. The lowest BCUT2D eigenvalue weighted by atomic mass is 10.1. The molecule has 1 atom stereocenters. The van der Waals surface area contributed by atoms with Gasteiger partial charge in [0.05, 0.1) is 24.8 Å². The molecule has 3 aromatic carbocycles. The number of carboxylic acid groups (broad SMARTS) is 1. The molecule has 37 heavy (non-hydrogen) atoms. The first kappa shape index (κ1) is 27.6. The monoisotopic (exact) mass is 529 g/mol. The molecule has 3 aromatic rings. The second-order valence-corrected chi connectivity index (χ2v) is 8.28. The summed E-state index contributed by atoms with van der Waals surface area (Å²) in [6.07, 6.45) is -0.150. The van der Waals surface area contributed by atoms with E-state index < -0.39 is 24.5 Å². The standard InChI is InChI=1S/C27H28ClNO8/c1-34-19-7-3-17(4-8-19)15-36-23-12-11-21(26(31)29-22(13-14-30)27(32)33)24(28)25(23)37-16-18-5-9-20(35-2)10-6-18/h3-12,22,30H,13-16H2,1-2H3,(H,29,31)(H,32,33)/t22-/m0/s1. The topological polar surface area (TPSA) is 124 Å². The van der Waals surface area contributed by atoms with Gasteiger partial charge in [-0.25, -0.2) is 4.79 Å². The highest BCUT2D eigenvalue weighted by atomic mass is 35.5. The van der Waals surface area contributed by atoms with Gasteiger partial charge in [0.1, 0.15) is 30.8 Å². The zero-order chi connectivity index (χ0) is 26.8. The number of aliphatic carboxylic acids is 1. The average Bonchev–Trinajstić information content (AvgIpc) is 2.91. The van der Waals surface area contributed by atoms with Gasteiger partial charge >= 0.3 is 5.97 Å². The molecular formula is C27H28ClNO8. The molecule has 0 unspecified atom stereocenters. The molecule has 0 spiro atoms. The average molecular weight is 530 g/mol. The summed E-state index contributed by atoms with van der Waals surface area (Å²) in [4.78, 5) is 24.2. The van der Waals surface area contributed by atoms with Gasteiger partial charge < -0.3 is 34.5 Å². The molecule has 9 nitrogen and oxygen atoms in total. The number of hydrogen-bond donors (Lipinski definition) is 3. The minimum absolute atomic E-state index is 0.00684. The third-order valence-electron chi connectivity index (χ3n) is 5.42. The minimum Gasteiger partial charge on any atom is -0.497 e. The summed E-state index contributed by atoms with van der Waals surface area (Å²) < 4.78 is 22.3. The van der Waals surface area contributed by atoms with E-state index in [9.17, 15) is 14.7 Å². The second kappa shape index (κ2) is 13.4. The van der Waals surface area contributed by atoms with Crippen LogP contribution < -0.4 is 24.3 Å². The maximum atomic E-state index is 12.8. The number of aliphatic hydroxyl groups is 1. The summed E-state index contributed by atoms with van der Waals surface area (Å²) in [5, 5.41) is 20.7. The molecule has 0 fully saturated rings. The van der Waals surface area contributed by atoms with Crippen LogP contribution in [0.2, 0.25) is 5.02 Å². The van der Waals surface area contributed by atoms with Crippen molar-refractivity contribution in [2.24, 2.45) is 0 Å². The Labute approximate surface area is 219 Å². The van der Waals surface area contributed by atoms with E-state index in [1.807, 2.05) is 36.4 Å². The molecule has 196 valence electrons. The van der Waals surface area contributed by atoms with Crippen LogP contribution in [0.15, 0.2) is 60.7 Å². The van der Waals surface area contributed by atoms with Crippen molar-refractivity contribution in [3.05, 3.63) is 82.4 Å². The van der Waals surface area contributed by atoms with Crippen LogP contribution in [0.3, 0.4) is 0 Å². The van der Waals surface area contributed by atoms with E-state index in [1.165, 1.54) is 12.1 Å². The summed E-state index contributed by atoms with van der Waals surface area (Å²) in [6, 6.07) is 16.3. The first-order valence-electron chi connectivity index (χ1n) is 11.3. The van der Waals surface area contributed by atoms with E-state index in [4.69, 9.17) is 35.7 Å². The van der Waals surface area contributed by atoms with Crippen LogP contribution in [0.25, 0.3) is 0 Å². The molecule has 0 radical (unpaired) electrons. The van der Waals surface area contributed by atoms with Crippen molar-refractivity contribution < 1.29 is 38.7 Å². The molecule has 0 aliphatic rings. The van der Waals surface area contributed by atoms with Gasteiger partial charge in [-0.2, -0.15) is 0 Å². The van der Waals surface area contributed by atoms with Crippen molar-refractivity contribution in [1.29, 1.82) is 0 Å². The first-order chi connectivity index (χ1) is 17.9. The fourth-order valence-electron chi connectivity index (χ4n) is 3.34. The van der Waals surface area contributed by atoms with Gasteiger partial charge in [-0.15, -0.1) is 0 Å². The van der Waals surface area contributed by atoms with E-state index in [-0.39, 0.29) is 36.0 Å². The molecule has 3 rings (SSSR count). The zero-order valence-corrected chi connectivity index (χ0v) is 21.2. The predicted octanol–water partition coefficient (Wildman–Crippen LogP) is 4.08. The second-order valence-electron chi connectivity index (χ2n) is 7.90. The molecule has 0 saturated heterocycles. The number of ether oxygens (including phenoxy) is 4. The number of aliphatic hydroxyl groups excluding tert-OH is 1. The van der Waals surface area contributed by atoms with Crippen LogP contribution in [0.4, 0.5) is 0 Å². The van der Waals surface area contributed by atoms with E-state index >= 15 is 0 Å². The Morgan fingerprint density at radius 2 is 1.41 bits per heavy atom. The van der Waals surface area contributed by atoms with Crippen LogP contribution >= 0.6 is 11.6 Å².